The molecule has 0 aromatic heterocycles. The van der Waals surface area contributed by atoms with Gasteiger partial charge < -0.3 is 10.2 Å². The summed E-state index contributed by atoms with van der Waals surface area (Å²) in [4.78, 5) is 13.7. The van der Waals surface area contributed by atoms with Gasteiger partial charge in [0.2, 0.25) is 0 Å². The molecule has 1 aromatic carbocycles. The summed E-state index contributed by atoms with van der Waals surface area (Å²) in [6.07, 6.45) is 0. The van der Waals surface area contributed by atoms with Crippen LogP contribution in [0.1, 0.15) is 10.4 Å². The van der Waals surface area contributed by atoms with E-state index >= 15 is 0 Å². The number of halogens is 3. The lowest BCUT2D eigenvalue weighted by Crippen LogP contribution is -2.32. The molecule has 0 saturated heterocycles. The van der Waals surface area contributed by atoms with Crippen LogP contribution in [-0.4, -0.2) is 38.0 Å². The molecule has 1 N–H and O–H groups in total. The minimum absolute atomic E-state index is 0. The van der Waals surface area contributed by atoms with Gasteiger partial charge >= 0.3 is 0 Å². The van der Waals surface area contributed by atoms with E-state index in [0.717, 1.165) is 11.0 Å². The Hall–Kier alpha value is -0.290. The molecule has 0 unspecified atom stereocenters. The van der Waals surface area contributed by atoms with Gasteiger partial charge in [0, 0.05) is 29.6 Å². The third kappa shape index (κ3) is 4.84. The molecule has 0 spiro atoms. The van der Waals surface area contributed by atoms with Crippen molar-refractivity contribution in [1.29, 1.82) is 0 Å². The van der Waals surface area contributed by atoms with Gasteiger partial charge in [0.15, 0.2) is 0 Å². The standard InChI is InChI=1S/C11H14BrClN2O.ClH/c1-14-5-6-15(2)11(16)9-4-3-8(13)7-10(9)12;/h3-4,7,14H,5-6H2,1-2H3;1H. The van der Waals surface area contributed by atoms with Gasteiger partial charge in [-0.1, -0.05) is 11.6 Å². The Labute approximate surface area is 121 Å². The monoisotopic (exact) mass is 340 g/mol. The second-order valence-electron chi connectivity index (χ2n) is 3.45. The van der Waals surface area contributed by atoms with Gasteiger partial charge in [-0.2, -0.15) is 0 Å². The van der Waals surface area contributed by atoms with Crippen LogP contribution in [0.2, 0.25) is 5.02 Å². The fraction of sp³-hybridized carbons (Fsp3) is 0.364. The molecule has 0 radical (unpaired) electrons. The lowest BCUT2D eigenvalue weighted by molar-refractivity contribution is 0.0796. The smallest absolute Gasteiger partial charge is 0.254 e. The molecule has 3 nitrogen and oxygen atoms in total. The first-order valence-electron chi connectivity index (χ1n) is 4.91. The van der Waals surface area contributed by atoms with Crippen molar-refractivity contribution < 1.29 is 4.79 Å². The van der Waals surface area contributed by atoms with Gasteiger partial charge in [-0.05, 0) is 41.2 Å². The van der Waals surface area contributed by atoms with Crippen molar-refractivity contribution in [3.05, 3.63) is 33.3 Å². The second-order valence-corrected chi connectivity index (χ2v) is 4.75. The Morgan fingerprint density at radius 1 is 1.53 bits per heavy atom. The number of nitrogens with one attached hydrogen (secondary N) is 1. The van der Waals surface area contributed by atoms with Gasteiger partial charge in [-0.15, -0.1) is 12.4 Å². The van der Waals surface area contributed by atoms with Gasteiger partial charge in [0.05, 0.1) is 5.56 Å². The zero-order chi connectivity index (χ0) is 12.1. The largest absolute Gasteiger partial charge is 0.340 e. The van der Waals surface area contributed by atoms with Crippen LogP contribution in [0.15, 0.2) is 22.7 Å². The average Bonchev–Trinajstić information content (AvgIpc) is 2.25. The molecule has 0 heterocycles. The van der Waals surface area contributed by atoms with Gasteiger partial charge in [0.25, 0.3) is 5.91 Å². The Bertz CT molecular complexity index is 388. The van der Waals surface area contributed by atoms with E-state index in [1.807, 2.05) is 7.05 Å². The molecular formula is C11H15BrCl2N2O. The molecule has 1 aromatic rings. The third-order valence-electron chi connectivity index (χ3n) is 2.21. The summed E-state index contributed by atoms with van der Waals surface area (Å²) in [5, 5.41) is 3.61. The highest BCUT2D eigenvalue weighted by molar-refractivity contribution is 9.10. The predicted octanol–water partition coefficient (Wildman–Crippen LogP) is 2.82. The number of benzene rings is 1. The fourth-order valence-electron chi connectivity index (χ4n) is 1.25. The number of nitrogens with zero attached hydrogens (tertiary/aromatic N) is 1. The number of hydrogen-bond donors (Lipinski definition) is 1. The van der Waals surface area contributed by atoms with Crippen LogP contribution >= 0.6 is 39.9 Å². The van der Waals surface area contributed by atoms with E-state index in [4.69, 9.17) is 11.6 Å². The molecule has 0 atom stereocenters. The quantitative estimate of drug-likeness (QED) is 0.913. The third-order valence-corrected chi connectivity index (χ3v) is 3.10. The summed E-state index contributed by atoms with van der Waals surface area (Å²) in [5.74, 6) is -0.0150. The highest BCUT2D eigenvalue weighted by atomic mass is 79.9. The summed E-state index contributed by atoms with van der Waals surface area (Å²) >= 11 is 9.16. The van der Waals surface area contributed by atoms with E-state index in [-0.39, 0.29) is 18.3 Å². The van der Waals surface area contributed by atoms with Gasteiger partial charge in [0.1, 0.15) is 0 Å². The maximum Gasteiger partial charge on any atom is 0.254 e. The minimum Gasteiger partial charge on any atom is -0.340 e. The second kappa shape index (κ2) is 7.93. The number of amides is 1. The molecule has 0 fully saturated rings. The first-order chi connectivity index (χ1) is 7.56. The van der Waals surface area contributed by atoms with Gasteiger partial charge in [-0.25, -0.2) is 0 Å². The van der Waals surface area contributed by atoms with Crippen molar-refractivity contribution in [2.45, 2.75) is 0 Å². The number of carbonyl (C=O) groups excluding carboxylic acids is 1. The summed E-state index contributed by atoms with van der Waals surface area (Å²) in [6.45, 7) is 1.44. The van der Waals surface area contributed by atoms with Crippen molar-refractivity contribution in [3.63, 3.8) is 0 Å². The van der Waals surface area contributed by atoms with E-state index in [1.165, 1.54) is 0 Å². The molecule has 96 valence electrons. The van der Waals surface area contributed by atoms with Crippen LogP contribution in [-0.2, 0) is 0 Å². The fourth-order valence-corrected chi connectivity index (χ4v) is 2.10. The van der Waals surface area contributed by atoms with E-state index in [2.05, 4.69) is 21.2 Å². The first kappa shape index (κ1) is 16.7. The SMILES string of the molecule is CNCCN(C)C(=O)c1ccc(Cl)cc1Br.Cl. The molecule has 0 bridgehead atoms. The maximum atomic E-state index is 12.0. The van der Waals surface area contributed by atoms with Crippen molar-refractivity contribution in [1.82, 2.24) is 10.2 Å². The zero-order valence-electron chi connectivity index (χ0n) is 9.67. The Kier molecular flexibility index (Phi) is 7.79. The van der Waals surface area contributed by atoms with Crippen molar-refractivity contribution >= 4 is 45.8 Å². The number of rotatable bonds is 4. The molecule has 1 amide bonds. The lowest BCUT2D eigenvalue weighted by Gasteiger charge is -2.17. The van der Waals surface area contributed by atoms with Crippen LogP contribution in [0.4, 0.5) is 0 Å². The molecule has 17 heavy (non-hydrogen) atoms. The van der Waals surface area contributed by atoms with Gasteiger partial charge in [-0.3, -0.25) is 4.79 Å². The normalized spacial score (nSPS) is 9.65. The topological polar surface area (TPSA) is 32.3 Å². The number of carbonyl (C=O) groups is 1. The van der Waals surface area contributed by atoms with Crippen molar-refractivity contribution in [3.8, 4) is 0 Å². The number of likely N-dealkylation sites (N-methyl/N-ethyl adjacent to an activating group) is 2. The van der Waals surface area contributed by atoms with Crippen LogP contribution in [0.25, 0.3) is 0 Å². The van der Waals surface area contributed by atoms with Crippen LogP contribution in [0.3, 0.4) is 0 Å². The van der Waals surface area contributed by atoms with Crippen LogP contribution in [0.5, 0.6) is 0 Å². The summed E-state index contributed by atoms with van der Waals surface area (Å²) in [7, 11) is 3.64. The molecule has 6 heteroatoms. The Morgan fingerprint density at radius 3 is 2.71 bits per heavy atom. The predicted molar refractivity (Wildman–Crippen MR) is 77.3 cm³/mol. The maximum absolute atomic E-state index is 12.0. The molecule has 0 saturated carbocycles. The summed E-state index contributed by atoms with van der Waals surface area (Å²) in [6, 6.07) is 5.16. The van der Waals surface area contributed by atoms with E-state index in [0.29, 0.717) is 17.1 Å². The lowest BCUT2D eigenvalue weighted by atomic mass is 10.2. The summed E-state index contributed by atoms with van der Waals surface area (Å²) < 4.78 is 0.723. The first-order valence-corrected chi connectivity index (χ1v) is 6.08. The molecular weight excluding hydrogens is 327 g/mol. The molecule has 0 aliphatic carbocycles. The van der Waals surface area contributed by atoms with E-state index < -0.39 is 0 Å². The highest BCUT2D eigenvalue weighted by Crippen LogP contribution is 2.22. The number of hydrogen-bond acceptors (Lipinski definition) is 2. The average molecular weight is 342 g/mol. The minimum atomic E-state index is -0.0150. The van der Waals surface area contributed by atoms with Crippen LogP contribution < -0.4 is 5.32 Å². The summed E-state index contributed by atoms with van der Waals surface area (Å²) in [5.41, 5.74) is 0.628. The van der Waals surface area contributed by atoms with Crippen molar-refractivity contribution in [2.24, 2.45) is 0 Å². The zero-order valence-corrected chi connectivity index (χ0v) is 12.8. The Morgan fingerprint density at radius 2 is 2.18 bits per heavy atom. The van der Waals surface area contributed by atoms with Crippen LogP contribution in [0, 0.1) is 0 Å². The molecule has 0 aliphatic heterocycles. The van der Waals surface area contributed by atoms with E-state index in [1.54, 1.807) is 30.1 Å². The molecule has 1 rings (SSSR count). The molecule has 0 aliphatic rings. The van der Waals surface area contributed by atoms with Crippen molar-refractivity contribution in [2.75, 3.05) is 27.2 Å². The highest BCUT2D eigenvalue weighted by Gasteiger charge is 2.14. The Balaban J connectivity index is 0.00000256. The van der Waals surface area contributed by atoms with E-state index in [9.17, 15) is 4.79 Å².